The van der Waals surface area contributed by atoms with Crippen molar-refractivity contribution in [3.8, 4) is 0 Å². The molecule has 0 saturated heterocycles. The van der Waals surface area contributed by atoms with Crippen LogP contribution in [0.1, 0.15) is 22.8 Å². The van der Waals surface area contributed by atoms with Gasteiger partial charge in [0.15, 0.2) is 6.10 Å². The molecule has 0 aliphatic heterocycles. The fraction of sp³-hybridized carbons (Fsp3) is 0.211. The normalized spacial score (nSPS) is 11.4. The van der Waals surface area contributed by atoms with Gasteiger partial charge in [-0.25, -0.2) is 0 Å². The van der Waals surface area contributed by atoms with E-state index in [1.54, 1.807) is 24.3 Å². The lowest BCUT2D eigenvalue weighted by atomic mass is 10.1. The van der Waals surface area contributed by atoms with Crippen LogP contribution in [0.25, 0.3) is 0 Å². The molecule has 2 aromatic rings. The fourth-order valence-corrected chi connectivity index (χ4v) is 2.42. The Kier molecular flexibility index (Phi) is 6.89. The van der Waals surface area contributed by atoms with Crippen molar-refractivity contribution < 1.29 is 19.1 Å². The van der Waals surface area contributed by atoms with E-state index >= 15 is 0 Å². The van der Waals surface area contributed by atoms with Gasteiger partial charge in [-0.2, -0.15) is 0 Å². The monoisotopic (exact) mass is 403 g/mol. The van der Waals surface area contributed by atoms with E-state index in [0.717, 1.165) is 10.0 Å². The molecule has 0 saturated carbocycles. The van der Waals surface area contributed by atoms with Gasteiger partial charge in [-0.15, -0.1) is 0 Å². The lowest BCUT2D eigenvalue weighted by Gasteiger charge is -2.13. The van der Waals surface area contributed by atoms with Crippen LogP contribution in [-0.4, -0.2) is 30.3 Å². The van der Waals surface area contributed by atoms with Crippen LogP contribution in [0.5, 0.6) is 0 Å². The molecule has 0 spiro atoms. The SMILES string of the molecule is C[C@@H](OC(=O)CNC(=O)Cc1ccccc1)C(=O)c1ccc(Br)cc1. The summed E-state index contributed by atoms with van der Waals surface area (Å²) in [6.07, 6.45) is -0.735. The molecule has 1 atom stereocenters. The van der Waals surface area contributed by atoms with Crippen molar-refractivity contribution in [3.63, 3.8) is 0 Å². The van der Waals surface area contributed by atoms with E-state index < -0.39 is 12.1 Å². The largest absolute Gasteiger partial charge is 0.453 e. The highest BCUT2D eigenvalue weighted by Crippen LogP contribution is 2.13. The Labute approximate surface area is 154 Å². The quantitative estimate of drug-likeness (QED) is 0.569. The number of ketones is 1. The molecule has 0 aromatic heterocycles. The first kappa shape index (κ1) is 18.9. The smallest absolute Gasteiger partial charge is 0.326 e. The molecule has 130 valence electrons. The first-order valence-corrected chi connectivity index (χ1v) is 8.55. The van der Waals surface area contributed by atoms with E-state index in [9.17, 15) is 14.4 Å². The number of rotatable bonds is 7. The van der Waals surface area contributed by atoms with Crippen molar-refractivity contribution in [3.05, 3.63) is 70.2 Å². The van der Waals surface area contributed by atoms with Gasteiger partial charge in [0.1, 0.15) is 6.54 Å². The van der Waals surface area contributed by atoms with Crippen molar-refractivity contribution >= 4 is 33.6 Å². The van der Waals surface area contributed by atoms with Gasteiger partial charge >= 0.3 is 5.97 Å². The Morgan fingerprint density at radius 1 is 1.04 bits per heavy atom. The Hall–Kier alpha value is -2.47. The number of Topliss-reactive ketones (excluding diaryl/α,β-unsaturated/α-hetero) is 1. The van der Waals surface area contributed by atoms with Crippen LogP contribution in [0.4, 0.5) is 0 Å². The zero-order valence-corrected chi connectivity index (χ0v) is 15.3. The number of carbonyl (C=O) groups is 3. The lowest BCUT2D eigenvalue weighted by Crippen LogP contribution is -2.34. The Morgan fingerprint density at radius 2 is 1.68 bits per heavy atom. The van der Waals surface area contributed by atoms with Crippen LogP contribution in [0.3, 0.4) is 0 Å². The van der Waals surface area contributed by atoms with Gasteiger partial charge in [-0.3, -0.25) is 14.4 Å². The van der Waals surface area contributed by atoms with Gasteiger partial charge in [0.2, 0.25) is 11.7 Å². The summed E-state index contributed by atoms with van der Waals surface area (Å²) in [4.78, 5) is 35.8. The molecule has 1 N–H and O–H groups in total. The molecular weight excluding hydrogens is 386 g/mol. The average Bonchev–Trinajstić information content (AvgIpc) is 2.61. The summed E-state index contributed by atoms with van der Waals surface area (Å²) in [5, 5.41) is 2.49. The molecule has 0 fully saturated rings. The maximum absolute atomic E-state index is 12.2. The van der Waals surface area contributed by atoms with Crippen LogP contribution in [-0.2, 0) is 20.7 Å². The molecular formula is C19H18BrNO4. The van der Waals surface area contributed by atoms with Crippen LogP contribution < -0.4 is 5.32 Å². The number of ether oxygens (including phenoxy) is 1. The summed E-state index contributed by atoms with van der Waals surface area (Å²) in [6.45, 7) is 1.23. The summed E-state index contributed by atoms with van der Waals surface area (Å²) < 4.78 is 5.94. The van der Waals surface area contributed by atoms with Gasteiger partial charge < -0.3 is 10.1 Å². The second kappa shape index (κ2) is 9.13. The zero-order chi connectivity index (χ0) is 18.2. The molecule has 25 heavy (non-hydrogen) atoms. The van der Waals surface area contributed by atoms with E-state index in [0.29, 0.717) is 5.56 Å². The third kappa shape index (κ3) is 6.15. The van der Waals surface area contributed by atoms with Crippen molar-refractivity contribution in [2.75, 3.05) is 6.54 Å². The Balaban J connectivity index is 1.78. The van der Waals surface area contributed by atoms with Crippen molar-refractivity contribution in [1.82, 2.24) is 5.32 Å². The highest BCUT2D eigenvalue weighted by atomic mass is 79.9. The van der Waals surface area contributed by atoms with Crippen molar-refractivity contribution in [2.45, 2.75) is 19.4 Å². The number of nitrogens with one attached hydrogen (secondary N) is 1. The average molecular weight is 404 g/mol. The van der Waals surface area contributed by atoms with Gasteiger partial charge in [-0.1, -0.05) is 58.4 Å². The van der Waals surface area contributed by atoms with Gasteiger partial charge in [0.05, 0.1) is 6.42 Å². The predicted molar refractivity (Wildman–Crippen MR) is 97.2 cm³/mol. The topological polar surface area (TPSA) is 72.5 Å². The highest BCUT2D eigenvalue weighted by molar-refractivity contribution is 9.10. The van der Waals surface area contributed by atoms with Crippen LogP contribution in [0, 0.1) is 0 Å². The van der Waals surface area contributed by atoms with Crippen LogP contribution in [0.15, 0.2) is 59.1 Å². The molecule has 0 unspecified atom stereocenters. The molecule has 0 heterocycles. The molecule has 5 nitrogen and oxygen atoms in total. The van der Waals surface area contributed by atoms with Crippen LogP contribution >= 0.6 is 15.9 Å². The maximum Gasteiger partial charge on any atom is 0.326 e. The van der Waals surface area contributed by atoms with Gasteiger partial charge in [0, 0.05) is 10.0 Å². The summed E-state index contributed by atoms with van der Waals surface area (Å²) >= 11 is 3.29. The number of carbonyl (C=O) groups excluding carboxylic acids is 3. The third-order valence-corrected chi connectivity index (χ3v) is 3.97. The summed E-state index contributed by atoms with van der Waals surface area (Å²) in [7, 11) is 0. The molecule has 0 bridgehead atoms. The van der Waals surface area contributed by atoms with E-state index in [1.165, 1.54) is 6.92 Å². The standard InChI is InChI=1S/C19H18BrNO4/c1-13(19(24)15-7-9-16(20)10-8-15)25-18(23)12-21-17(22)11-14-5-3-2-4-6-14/h2-10,13H,11-12H2,1H3,(H,21,22)/t13-/m1/s1. The number of hydrogen-bond acceptors (Lipinski definition) is 4. The number of halogens is 1. The maximum atomic E-state index is 12.2. The van der Waals surface area contributed by atoms with Crippen molar-refractivity contribution in [2.24, 2.45) is 0 Å². The first-order valence-electron chi connectivity index (χ1n) is 7.75. The Morgan fingerprint density at radius 3 is 2.32 bits per heavy atom. The van der Waals surface area contributed by atoms with E-state index in [4.69, 9.17) is 4.74 Å². The van der Waals surface area contributed by atoms with E-state index in [-0.39, 0.29) is 24.7 Å². The molecule has 6 heteroatoms. The second-order valence-electron chi connectivity index (χ2n) is 5.44. The second-order valence-corrected chi connectivity index (χ2v) is 6.36. The molecule has 0 aliphatic carbocycles. The zero-order valence-electron chi connectivity index (χ0n) is 13.7. The summed E-state index contributed by atoms with van der Waals surface area (Å²) in [6, 6.07) is 16.0. The fourth-order valence-electron chi connectivity index (χ4n) is 2.16. The molecule has 0 aliphatic rings. The first-order chi connectivity index (χ1) is 12.0. The molecule has 2 rings (SSSR count). The number of esters is 1. The highest BCUT2D eigenvalue weighted by Gasteiger charge is 2.19. The minimum Gasteiger partial charge on any atom is -0.453 e. The number of hydrogen-bond donors (Lipinski definition) is 1. The summed E-state index contributed by atoms with van der Waals surface area (Å²) in [5.41, 5.74) is 1.31. The minimum atomic E-state index is -0.917. The van der Waals surface area contributed by atoms with Crippen LogP contribution in [0.2, 0.25) is 0 Å². The summed E-state index contributed by atoms with van der Waals surface area (Å²) in [5.74, 6) is -1.23. The Bertz CT molecular complexity index is 744. The molecule has 2 aromatic carbocycles. The minimum absolute atomic E-state index is 0.182. The predicted octanol–water partition coefficient (Wildman–Crippen LogP) is 2.92. The molecule has 1 amide bonds. The third-order valence-electron chi connectivity index (χ3n) is 3.44. The number of amides is 1. The number of benzene rings is 2. The molecule has 0 radical (unpaired) electrons. The lowest BCUT2D eigenvalue weighted by molar-refractivity contribution is -0.146. The van der Waals surface area contributed by atoms with Crippen molar-refractivity contribution in [1.29, 1.82) is 0 Å². The van der Waals surface area contributed by atoms with Gasteiger partial charge in [-0.05, 0) is 24.6 Å². The van der Waals surface area contributed by atoms with E-state index in [2.05, 4.69) is 21.2 Å². The van der Waals surface area contributed by atoms with Gasteiger partial charge in [0.25, 0.3) is 0 Å². The van der Waals surface area contributed by atoms with E-state index in [1.807, 2.05) is 30.3 Å².